The molecule has 2 heterocycles. The minimum absolute atomic E-state index is 0.180. The molecule has 0 amide bonds. The summed E-state index contributed by atoms with van der Waals surface area (Å²) in [4.78, 5) is 22.9. The molecule has 0 saturated heterocycles. The predicted octanol–water partition coefficient (Wildman–Crippen LogP) is 26.6. The molecular weight excluding hydrogens is 1130 g/mol. The fraction of sp³-hybridized carbons (Fsp3) is 0.667. The van der Waals surface area contributed by atoms with Crippen molar-refractivity contribution in [1.82, 2.24) is 19.9 Å². The second-order valence-electron chi connectivity index (χ2n) is 29.9. The number of ether oxygens (including phenoxy) is 4. The molecule has 0 fully saturated rings. The molecule has 0 saturated carbocycles. The van der Waals surface area contributed by atoms with Gasteiger partial charge >= 0.3 is 0 Å². The van der Waals surface area contributed by atoms with Gasteiger partial charge in [0, 0.05) is 56.6 Å². The van der Waals surface area contributed by atoms with Crippen LogP contribution in [-0.2, 0) is 10.8 Å². The highest BCUT2D eigenvalue weighted by Gasteiger charge is 2.29. The van der Waals surface area contributed by atoms with Crippen LogP contribution in [0.1, 0.15) is 337 Å². The zero-order chi connectivity index (χ0) is 65.0. The predicted molar refractivity (Wildman–Crippen MR) is 398 cm³/mol. The first-order chi connectivity index (χ1) is 44.9. The zero-order valence-electron chi connectivity index (χ0n) is 60.2. The van der Waals surface area contributed by atoms with Crippen LogP contribution in [-0.4, -0.2) is 46.4 Å². The lowest BCUT2D eigenvalue weighted by Crippen LogP contribution is -2.13. The van der Waals surface area contributed by atoms with Gasteiger partial charge in [0.2, 0.25) is 0 Å². The second kappa shape index (κ2) is 38.3. The van der Waals surface area contributed by atoms with Gasteiger partial charge < -0.3 is 18.9 Å². The molecule has 0 N–H and O–H groups in total. The SMILES string of the molecule is CCCCCCCCCCCCOc1cc2nc3c4cc(C(C)(C)C)cc5c6nc7cc(OCCCCCCCCCCCC)c(OCCCCCCCCCCCC)cc7nc6c6c(C(C)(C)C)ccc(c3nc2cc1OCCCCCCCCCCCC)c6c45. The van der Waals surface area contributed by atoms with Crippen molar-refractivity contribution in [3.63, 3.8) is 0 Å². The van der Waals surface area contributed by atoms with E-state index in [0.717, 1.165) is 114 Å². The first-order valence-corrected chi connectivity index (χ1v) is 38.5. The third kappa shape index (κ3) is 21.1. The average Bonchev–Trinajstić information content (AvgIpc) is 0.690. The van der Waals surface area contributed by atoms with Crippen LogP contribution >= 0.6 is 0 Å². The van der Waals surface area contributed by atoms with Gasteiger partial charge in [-0.1, -0.05) is 313 Å². The molecule has 8 aromatic rings. The molecule has 0 aliphatic rings. The highest BCUT2D eigenvalue weighted by molar-refractivity contribution is 6.39. The number of fused-ring (bicyclic) bond motifs is 8. The van der Waals surface area contributed by atoms with Crippen LogP contribution < -0.4 is 18.9 Å². The molecule has 0 unspecified atom stereocenters. The third-order valence-corrected chi connectivity index (χ3v) is 19.8. The van der Waals surface area contributed by atoms with Crippen molar-refractivity contribution < 1.29 is 18.9 Å². The maximum absolute atomic E-state index is 6.79. The van der Waals surface area contributed by atoms with Crippen molar-refractivity contribution in [2.75, 3.05) is 26.4 Å². The maximum Gasteiger partial charge on any atom is 0.163 e. The minimum Gasteiger partial charge on any atom is -0.490 e. The Labute approximate surface area is 558 Å². The Morgan fingerprint density at radius 3 is 0.804 bits per heavy atom. The fourth-order valence-electron chi connectivity index (χ4n) is 14.1. The normalized spacial score (nSPS) is 12.4. The fourth-order valence-corrected chi connectivity index (χ4v) is 14.1. The summed E-state index contributed by atoms with van der Waals surface area (Å²) in [6.07, 6.45) is 51.4. The van der Waals surface area contributed by atoms with Crippen LogP contribution in [0, 0.1) is 0 Å². The summed E-state index contributed by atoms with van der Waals surface area (Å²) >= 11 is 0. The van der Waals surface area contributed by atoms with E-state index in [1.165, 1.54) is 253 Å². The van der Waals surface area contributed by atoms with Gasteiger partial charge in [0.05, 0.1) is 70.6 Å². The summed E-state index contributed by atoms with van der Waals surface area (Å²) < 4.78 is 27.1. The highest BCUT2D eigenvalue weighted by Crippen LogP contribution is 2.49. The van der Waals surface area contributed by atoms with Crippen LogP contribution in [0.2, 0.25) is 0 Å². The van der Waals surface area contributed by atoms with E-state index in [2.05, 4.69) is 118 Å². The summed E-state index contributed by atoms with van der Waals surface area (Å²) in [5.41, 5.74) is 8.93. The molecule has 0 bridgehead atoms. The van der Waals surface area contributed by atoms with Gasteiger partial charge in [-0.2, -0.15) is 0 Å². The minimum atomic E-state index is -0.211. The van der Waals surface area contributed by atoms with Gasteiger partial charge in [0.1, 0.15) is 0 Å². The van der Waals surface area contributed by atoms with Crippen LogP contribution in [0.3, 0.4) is 0 Å². The Balaban J connectivity index is 1.17. The molecular formula is C84H126N4O4. The van der Waals surface area contributed by atoms with Gasteiger partial charge in [-0.3, -0.25) is 0 Å². The molecule has 506 valence electrons. The van der Waals surface area contributed by atoms with Crippen molar-refractivity contribution in [1.29, 1.82) is 0 Å². The Bertz CT molecular complexity index is 3430. The molecule has 6 aromatic carbocycles. The summed E-state index contributed by atoms with van der Waals surface area (Å²) in [6.45, 7) is 25.7. The van der Waals surface area contributed by atoms with E-state index in [9.17, 15) is 0 Å². The van der Waals surface area contributed by atoms with Crippen molar-refractivity contribution in [3.8, 4) is 23.0 Å². The molecule has 8 nitrogen and oxygen atoms in total. The molecule has 8 rings (SSSR count). The molecule has 2 aromatic heterocycles. The quantitative estimate of drug-likeness (QED) is 0.0212. The van der Waals surface area contributed by atoms with E-state index in [4.69, 9.17) is 38.9 Å². The van der Waals surface area contributed by atoms with Crippen LogP contribution in [0.25, 0.3) is 76.5 Å². The second-order valence-corrected chi connectivity index (χ2v) is 29.9. The third-order valence-electron chi connectivity index (χ3n) is 19.8. The van der Waals surface area contributed by atoms with Crippen molar-refractivity contribution in [2.45, 2.75) is 337 Å². The topological polar surface area (TPSA) is 88.5 Å². The van der Waals surface area contributed by atoms with Gasteiger partial charge in [-0.25, -0.2) is 19.9 Å². The number of benzene rings is 6. The van der Waals surface area contributed by atoms with Crippen molar-refractivity contribution in [2.24, 2.45) is 0 Å². The largest absolute Gasteiger partial charge is 0.490 e. The lowest BCUT2D eigenvalue weighted by molar-refractivity contribution is 0.259. The van der Waals surface area contributed by atoms with Crippen molar-refractivity contribution in [3.05, 3.63) is 59.7 Å². The average molecular weight is 1260 g/mol. The van der Waals surface area contributed by atoms with E-state index < -0.39 is 0 Å². The van der Waals surface area contributed by atoms with E-state index in [1.54, 1.807) is 0 Å². The summed E-state index contributed by atoms with van der Waals surface area (Å²) in [5, 5.41) is 6.73. The summed E-state index contributed by atoms with van der Waals surface area (Å²) in [5.74, 6) is 3.07. The number of rotatable bonds is 48. The monoisotopic (exact) mass is 1250 g/mol. The Hall–Kier alpha value is -5.24. The number of nitrogens with zero attached hydrogens (tertiary/aromatic N) is 4. The molecule has 0 spiro atoms. The molecule has 8 heteroatoms. The van der Waals surface area contributed by atoms with E-state index in [1.807, 2.05) is 0 Å². The van der Waals surface area contributed by atoms with Crippen LogP contribution in [0.4, 0.5) is 0 Å². The van der Waals surface area contributed by atoms with Gasteiger partial charge in [0.15, 0.2) is 23.0 Å². The van der Waals surface area contributed by atoms with E-state index in [-0.39, 0.29) is 10.8 Å². The van der Waals surface area contributed by atoms with Crippen LogP contribution in [0.15, 0.2) is 48.5 Å². The first-order valence-electron chi connectivity index (χ1n) is 38.5. The van der Waals surface area contributed by atoms with E-state index in [0.29, 0.717) is 26.4 Å². The lowest BCUT2D eigenvalue weighted by Gasteiger charge is -2.26. The Kier molecular flexibility index (Phi) is 30.3. The number of aromatic nitrogens is 4. The Morgan fingerprint density at radius 2 is 0.522 bits per heavy atom. The van der Waals surface area contributed by atoms with Gasteiger partial charge in [-0.05, 0) is 59.8 Å². The number of hydrogen-bond donors (Lipinski definition) is 0. The highest BCUT2D eigenvalue weighted by atomic mass is 16.5. The van der Waals surface area contributed by atoms with Crippen molar-refractivity contribution >= 4 is 76.5 Å². The molecule has 0 aliphatic carbocycles. The molecule has 92 heavy (non-hydrogen) atoms. The van der Waals surface area contributed by atoms with E-state index >= 15 is 0 Å². The van der Waals surface area contributed by atoms with Gasteiger partial charge in [-0.15, -0.1) is 0 Å². The smallest absolute Gasteiger partial charge is 0.163 e. The standard InChI is InChI=1S/C84H126N4O4/c1-11-15-19-23-27-31-35-39-43-47-53-89-72-59-68-69(60-73(72)90-54-48-44-40-36-32-28-24-20-16-12-2)86-80-65-57-63(83(5,6)7)58-66-76(65)77-64(79(80)85-68)51-52-67(84(8,9)10)78(77)82-81(66)87-70-61-74(91-55-49-45-41-37-33-29-25-21-17-13-3)75(62-71(70)88-82)92-56-50-46-42-38-34-30-26-22-18-14-4/h51-52,57-62H,11-50,53-56H2,1-10H3. The summed E-state index contributed by atoms with van der Waals surface area (Å²) in [6, 6.07) is 17.9. The summed E-state index contributed by atoms with van der Waals surface area (Å²) in [7, 11) is 0. The molecule has 0 aliphatic heterocycles. The lowest BCUT2D eigenvalue weighted by atomic mass is 9.78. The Morgan fingerprint density at radius 1 is 0.261 bits per heavy atom. The first kappa shape index (κ1) is 72.6. The van der Waals surface area contributed by atoms with Gasteiger partial charge in [0.25, 0.3) is 0 Å². The van der Waals surface area contributed by atoms with Crippen LogP contribution in [0.5, 0.6) is 23.0 Å². The number of hydrogen-bond acceptors (Lipinski definition) is 8. The maximum atomic E-state index is 6.79. The zero-order valence-corrected chi connectivity index (χ0v) is 60.2. The number of unbranched alkanes of at least 4 members (excludes halogenated alkanes) is 36. The molecule has 0 atom stereocenters. The molecule has 0 radical (unpaired) electrons.